The number of aromatic nitrogens is 2. The van der Waals surface area contributed by atoms with Crippen LogP contribution in [0.5, 0.6) is 0 Å². The number of carbonyl (C=O) groups excluding carboxylic acids is 1. The molecule has 0 saturated carbocycles. The van der Waals surface area contributed by atoms with Crippen molar-refractivity contribution in [3.05, 3.63) is 41.5 Å². The van der Waals surface area contributed by atoms with Crippen LogP contribution < -0.4 is 10.6 Å². The lowest BCUT2D eigenvalue weighted by Crippen LogP contribution is -2.17. The first-order valence-electron chi connectivity index (χ1n) is 7.06. The molecule has 0 radical (unpaired) electrons. The molecule has 2 rings (SSSR count). The molecule has 1 heterocycles. The van der Waals surface area contributed by atoms with Crippen molar-refractivity contribution in [1.82, 2.24) is 15.5 Å². The van der Waals surface area contributed by atoms with Crippen molar-refractivity contribution in [3.63, 3.8) is 0 Å². The van der Waals surface area contributed by atoms with E-state index in [0.29, 0.717) is 24.6 Å². The van der Waals surface area contributed by atoms with Crippen molar-refractivity contribution in [1.29, 1.82) is 0 Å². The van der Waals surface area contributed by atoms with Gasteiger partial charge in [-0.1, -0.05) is 30.3 Å². The predicted molar refractivity (Wildman–Crippen MR) is 87.1 cm³/mol. The van der Waals surface area contributed by atoms with Gasteiger partial charge in [0.15, 0.2) is 5.82 Å². The number of carbonyl (C=O) groups is 1. The molecular weight excluding hydrogens is 304 g/mol. The highest BCUT2D eigenvalue weighted by Crippen LogP contribution is 2.15. The Hall–Kier alpha value is -1.92. The van der Waals surface area contributed by atoms with E-state index in [1.807, 2.05) is 31.2 Å². The van der Waals surface area contributed by atoms with Gasteiger partial charge in [-0.2, -0.15) is 4.98 Å². The number of nitrogens with zero attached hydrogens (tertiary/aromatic N) is 2. The SMILES string of the molecule is CCNCc1ccccc1NC(=O)CCc1nc(C)no1.Cl. The van der Waals surface area contributed by atoms with Crippen LogP contribution in [0.4, 0.5) is 5.69 Å². The van der Waals surface area contributed by atoms with E-state index in [0.717, 1.165) is 24.3 Å². The van der Waals surface area contributed by atoms with Crippen molar-refractivity contribution >= 4 is 24.0 Å². The van der Waals surface area contributed by atoms with Crippen LogP contribution >= 0.6 is 12.4 Å². The predicted octanol–water partition coefficient (Wildman–Crippen LogP) is 2.48. The summed E-state index contributed by atoms with van der Waals surface area (Å²) in [5, 5.41) is 9.88. The molecule has 0 bridgehead atoms. The third-order valence-corrected chi connectivity index (χ3v) is 2.99. The maximum atomic E-state index is 12.0. The molecule has 0 aliphatic heterocycles. The fourth-order valence-electron chi connectivity index (χ4n) is 1.93. The van der Waals surface area contributed by atoms with Crippen LogP contribution in [0.1, 0.15) is 30.6 Å². The second-order valence-electron chi connectivity index (χ2n) is 4.72. The zero-order chi connectivity index (χ0) is 15.1. The number of halogens is 1. The second kappa shape index (κ2) is 9.17. The minimum atomic E-state index is -0.0604. The van der Waals surface area contributed by atoms with Crippen molar-refractivity contribution in [2.75, 3.05) is 11.9 Å². The summed E-state index contributed by atoms with van der Waals surface area (Å²) in [5.41, 5.74) is 1.91. The summed E-state index contributed by atoms with van der Waals surface area (Å²) in [6, 6.07) is 7.77. The van der Waals surface area contributed by atoms with E-state index in [2.05, 4.69) is 20.8 Å². The second-order valence-corrected chi connectivity index (χ2v) is 4.72. The van der Waals surface area contributed by atoms with E-state index in [1.165, 1.54) is 0 Å². The van der Waals surface area contributed by atoms with E-state index in [9.17, 15) is 4.79 Å². The molecule has 2 N–H and O–H groups in total. The summed E-state index contributed by atoms with van der Waals surface area (Å²) in [6.07, 6.45) is 0.763. The van der Waals surface area contributed by atoms with Gasteiger partial charge in [0.05, 0.1) is 0 Å². The lowest BCUT2D eigenvalue weighted by molar-refractivity contribution is -0.116. The Labute approximate surface area is 136 Å². The lowest BCUT2D eigenvalue weighted by atomic mass is 10.1. The van der Waals surface area contributed by atoms with Crippen LogP contribution in [0.3, 0.4) is 0 Å². The summed E-state index contributed by atoms with van der Waals surface area (Å²) >= 11 is 0. The monoisotopic (exact) mass is 324 g/mol. The van der Waals surface area contributed by atoms with E-state index in [4.69, 9.17) is 4.52 Å². The first kappa shape index (κ1) is 18.1. The van der Waals surface area contributed by atoms with Crippen LogP contribution in [-0.2, 0) is 17.8 Å². The number of benzene rings is 1. The minimum Gasteiger partial charge on any atom is -0.339 e. The Morgan fingerprint density at radius 1 is 1.32 bits per heavy atom. The van der Waals surface area contributed by atoms with Gasteiger partial charge < -0.3 is 15.2 Å². The topological polar surface area (TPSA) is 80.0 Å². The highest BCUT2D eigenvalue weighted by molar-refractivity contribution is 5.91. The Bertz CT molecular complexity index is 601. The molecule has 1 aromatic heterocycles. The molecule has 7 heteroatoms. The molecule has 0 fully saturated rings. The van der Waals surface area contributed by atoms with Gasteiger partial charge in [0.1, 0.15) is 0 Å². The molecule has 1 amide bonds. The molecule has 2 aromatic rings. The van der Waals surface area contributed by atoms with E-state index < -0.39 is 0 Å². The number of rotatable bonds is 7. The average molecular weight is 325 g/mol. The summed E-state index contributed by atoms with van der Waals surface area (Å²) in [6.45, 7) is 5.42. The number of aryl methyl sites for hydroxylation is 2. The fourth-order valence-corrected chi connectivity index (χ4v) is 1.93. The van der Waals surface area contributed by atoms with E-state index >= 15 is 0 Å². The highest BCUT2D eigenvalue weighted by Gasteiger charge is 2.09. The average Bonchev–Trinajstić information content (AvgIpc) is 2.90. The number of para-hydroxylation sites is 1. The molecule has 0 atom stereocenters. The van der Waals surface area contributed by atoms with Gasteiger partial charge >= 0.3 is 0 Å². The van der Waals surface area contributed by atoms with Gasteiger partial charge in [-0.15, -0.1) is 12.4 Å². The van der Waals surface area contributed by atoms with Gasteiger partial charge in [0.25, 0.3) is 0 Å². The molecule has 0 unspecified atom stereocenters. The molecule has 120 valence electrons. The maximum absolute atomic E-state index is 12.0. The Balaban J connectivity index is 0.00000242. The Kier molecular flexibility index (Phi) is 7.56. The van der Waals surface area contributed by atoms with E-state index in [1.54, 1.807) is 6.92 Å². The molecule has 6 nitrogen and oxygen atoms in total. The Morgan fingerprint density at radius 2 is 2.09 bits per heavy atom. The van der Waals surface area contributed by atoms with Gasteiger partial charge in [-0.05, 0) is 25.1 Å². The van der Waals surface area contributed by atoms with Crippen LogP contribution in [-0.4, -0.2) is 22.6 Å². The maximum Gasteiger partial charge on any atom is 0.227 e. The van der Waals surface area contributed by atoms with Gasteiger partial charge in [-0.25, -0.2) is 0 Å². The molecule has 0 aliphatic rings. The van der Waals surface area contributed by atoms with Gasteiger partial charge in [0, 0.05) is 25.1 Å². The first-order chi connectivity index (χ1) is 10.2. The summed E-state index contributed by atoms with van der Waals surface area (Å²) < 4.78 is 4.99. The summed E-state index contributed by atoms with van der Waals surface area (Å²) in [4.78, 5) is 16.1. The lowest BCUT2D eigenvalue weighted by Gasteiger charge is -2.11. The van der Waals surface area contributed by atoms with Crippen LogP contribution in [0.2, 0.25) is 0 Å². The quantitative estimate of drug-likeness (QED) is 0.818. The van der Waals surface area contributed by atoms with Crippen molar-refractivity contribution < 1.29 is 9.32 Å². The normalized spacial score (nSPS) is 10.1. The molecule has 0 aliphatic carbocycles. The molecule has 22 heavy (non-hydrogen) atoms. The Morgan fingerprint density at radius 3 is 2.77 bits per heavy atom. The number of anilines is 1. The van der Waals surface area contributed by atoms with Gasteiger partial charge in [-0.3, -0.25) is 4.79 Å². The molecule has 0 saturated heterocycles. The van der Waals surface area contributed by atoms with Crippen LogP contribution in [0.15, 0.2) is 28.8 Å². The first-order valence-corrected chi connectivity index (χ1v) is 7.06. The standard InChI is InChI=1S/C15H20N4O2.ClH/c1-3-16-10-12-6-4-5-7-13(12)18-14(20)8-9-15-17-11(2)19-21-15;/h4-7,16H,3,8-10H2,1-2H3,(H,18,20);1H. The summed E-state index contributed by atoms with van der Waals surface area (Å²) in [5.74, 6) is 1.01. The van der Waals surface area contributed by atoms with Crippen molar-refractivity contribution in [2.24, 2.45) is 0 Å². The number of hydrogen-bond acceptors (Lipinski definition) is 5. The third kappa shape index (κ3) is 5.46. The van der Waals surface area contributed by atoms with Crippen molar-refractivity contribution in [3.8, 4) is 0 Å². The largest absolute Gasteiger partial charge is 0.339 e. The third-order valence-electron chi connectivity index (χ3n) is 2.99. The highest BCUT2D eigenvalue weighted by atomic mass is 35.5. The van der Waals surface area contributed by atoms with Gasteiger partial charge in [0.2, 0.25) is 11.8 Å². The van der Waals surface area contributed by atoms with Crippen LogP contribution in [0.25, 0.3) is 0 Å². The summed E-state index contributed by atoms with van der Waals surface area (Å²) in [7, 11) is 0. The molecular formula is C15H21ClN4O2. The van der Waals surface area contributed by atoms with E-state index in [-0.39, 0.29) is 18.3 Å². The molecule has 0 spiro atoms. The number of hydrogen-bond donors (Lipinski definition) is 2. The fraction of sp³-hybridized carbons (Fsp3) is 0.400. The number of amides is 1. The minimum absolute atomic E-state index is 0. The smallest absolute Gasteiger partial charge is 0.227 e. The zero-order valence-corrected chi connectivity index (χ0v) is 13.6. The molecule has 1 aromatic carbocycles. The van der Waals surface area contributed by atoms with Crippen LogP contribution in [0, 0.1) is 6.92 Å². The zero-order valence-electron chi connectivity index (χ0n) is 12.8. The number of nitrogens with one attached hydrogen (secondary N) is 2. The van der Waals surface area contributed by atoms with Crippen molar-refractivity contribution in [2.45, 2.75) is 33.2 Å².